The van der Waals surface area contributed by atoms with Crippen LogP contribution in [0.2, 0.25) is 10.0 Å². The molecule has 0 amide bonds. The second-order valence-electron chi connectivity index (χ2n) is 4.50. The van der Waals surface area contributed by atoms with Crippen LogP contribution in [0.5, 0.6) is 0 Å². The molecule has 1 N–H and O–H groups in total. The van der Waals surface area contributed by atoms with Crippen LogP contribution in [0.15, 0.2) is 52.9 Å². The van der Waals surface area contributed by atoms with Crippen LogP contribution in [0, 0.1) is 4.84 Å². The van der Waals surface area contributed by atoms with Gasteiger partial charge in [-0.25, -0.2) is 4.68 Å². The summed E-state index contributed by atoms with van der Waals surface area (Å²) < 4.78 is 7.07. The Morgan fingerprint density at radius 2 is 1.91 bits per heavy atom. The summed E-state index contributed by atoms with van der Waals surface area (Å²) in [4.78, 5) is 0.268. The average Bonchev–Trinajstić information content (AvgIpc) is 2.87. The molecule has 0 bridgehead atoms. The number of aromatic nitrogens is 2. The molecule has 7 heteroatoms. The summed E-state index contributed by atoms with van der Waals surface area (Å²) in [5, 5.41) is 8.57. The number of rotatable bonds is 4. The molecule has 0 aliphatic heterocycles. The van der Waals surface area contributed by atoms with Gasteiger partial charge in [0.15, 0.2) is 0 Å². The third kappa shape index (κ3) is 3.32. The number of nitrogens with one attached hydrogen (secondary N) is 1. The van der Waals surface area contributed by atoms with Gasteiger partial charge in [0, 0.05) is 10.7 Å². The molecule has 0 saturated heterocycles. The molecule has 4 nitrogen and oxygen atoms in total. The van der Waals surface area contributed by atoms with Gasteiger partial charge in [-0.2, -0.15) is 0 Å². The minimum Gasteiger partial charge on any atom is -0.409 e. The van der Waals surface area contributed by atoms with Crippen LogP contribution in [0.25, 0.3) is 11.5 Å². The lowest BCUT2D eigenvalue weighted by atomic mass is 10.2. The van der Waals surface area contributed by atoms with Crippen LogP contribution < -0.4 is 5.32 Å². The predicted octanol–water partition coefficient (Wildman–Crippen LogP) is 5.25. The van der Waals surface area contributed by atoms with E-state index in [4.69, 9.17) is 39.8 Å². The van der Waals surface area contributed by atoms with Crippen molar-refractivity contribution < 1.29 is 4.42 Å². The highest BCUT2D eigenvalue weighted by Crippen LogP contribution is 2.29. The molecule has 0 saturated carbocycles. The minimum absolute atomic E-state index is 0.268. The zero-order valence-corrected chi connectivity index (χ0v) is 13.6. The second-order valence-corrected chi connectivity index (χ2v) is 5.69. The molecular weight excluding hydrogens is 341 g/mol. The molecule has 0 spiro atoms. The van der Waals surface area contributed by atoms with Gasteiger partial charge in [0.1, 0.15) is 6.67 Å². The summed E-state index contributed by atoms with van der Waals surface area (Å²) in [6.07, 6.45) is 0. The fourth-order valence-corrected chi connectivity index (χ4v) is 2.57. The van der Waals surface area contributed by atoms with E-state index in [1.165, 1.54) is 0 Å². The smallest absolute Gasteiger partial charge is 0.289 e. The molecule has 3 aromatic rings. The molecule has 0 atom stereocenters. The van der Waals surface area contributed by atoms with E-state index in [2.05, 4.69) is 10.4 Å². The van der Waals surface area contributed by atoms with E-state index in [1.54, 1.807) is 22.9 Å². The SMILES string of the molecule is S=c1oc(-c2ccc(Cl)cc2Cl)nn1CNc1ccccc1. The summed E-state index contributed by atoms with van der Waals surface area (Å²) in [5.74, 6) is 0.363. The molecular formula is C15H11Cl2N3OS. The number of benzene rings is 2. The zero-order valence-electron chi connectivity index (χ0n) is 11.3. The first kappa shape index (κ1) is 15.1. The van der Waals surface area contributed by atoms with E-state index < -0.39 is 0 Å². The molecule has 0 radical (unpaired) electrons. The standard InChI is InChI=1S/C15H11Cl2N3OS/c16-10-6-7-12(13(17)8-10)14-19-20(15(22)21-14)9-18-11-4-2-1-3-5-11/h1-8,18H,9H2. The molecule has 1 aromatic heterocycles. The number of para-hydroxylation sites is 1. The quantitative estimate of drug-likeness (QED) is 0.652. The van der Waals surface area contributed by atoms with Crippen LogP contribution in [0.1, 0.15) is 0 Å². The first-order valence-corrected chi connectivity index (χ1v) is 7.62. The maximum atomic E-state index is 6.16. The predicted molar refractivity (Wildman–Crippen MR) is 90.8 cm³/mol. The van der Waals surface area contributed by atoms with Crippen LogP contribution >= 0.6 is 35.4 Å². The van der Waals surface area contributed by atoms with Crippen molar-refractivity contribution in [1.82, 2.24) is 9.78 Å². The Hall–Kier alpha value is -1.82. The molecule has 22 heavy (non-hydrogen) atoms. The fraction of sp³-hybridized carbons (Fsp3) is 0.0667. The van der Waals surface area contributed by atoms with Crippen LogP contribution in [0.3, 0.4) is 0 Å². The highest BCUT2D eigenvalue weighted by atomic mass is 35.5. The van der Waals surface area contributed by atoms with Gasteiger partial charge < -0.3 is 9.73 Å². The van der Waals surface area contributed by atoms with Crippen molar-refractivity contribution in [3.63, 3.8) is 0 Å². The average molecular weight is 352 g/mol. The number of anilines is 1. The van der Waals surface area contributed by atoms with Gasteiger partial charge in [0.2, 0.25) is 5.89 Å². The second kappa shape index (κ2) is 6.52. The van der Waals surface area contributed by atoms with Gasteiger partial charge in [0.25, 0.3) is 4.84 Å². The normalized spacial score (nSPS) is 10.6. The molecule has 3 rings (SSSR count). The topological polar surface area (TPSA) is 43.0 Å². The molecule has 2 aromatic carbocycles. The van der Waals surface area contributed by atoms with E-state index in [0.717, 1.165) is 5.69 Å². The van der Waals surface area contributed by atoms with E-state index in [9.17, 15) is 0 Å². The number of nitrogens with zero attached hydrogens (tertiary/aromatic N) is 2. The summed E-state index contributed by atoms with van der Waals surface area (Å²) in [6, 6.07) is 14.9. The molecule has 0 fully saturated rings. The lowest BCUT2D eigenvalue weighted by Crippen LogP contribution is -2.09. The summed E-state index contributed by atoms with van der Waals surface area (Å²) >= 11 is 17.2. The van der Waals surface area contributed by atoms with Crippen molar-refractivity contribution in [3.05, 3.63) is 63.4 Å². The molecule has 0 aliphatic rings. The Morgan fingerprint density at radius 1 is 1.14 bits per heavy atom. The lowest BCUT2D eigenvalue weighted by molar-refractivity contribution is 0.522. The Balaban J connectivity index is 1.83. The zero-order chi connectivity index (χ0) is 15.5. The maximum absolute atomic E-state index is 6.16. The third-order valence-electron chi connectivity index (χ3n) is 2.97. The van der Waals surface area contributed by atoms with Gasteiger partial charge in [-0.1, -0.05) is 41.4 Å². The number of halogens is 2. The Kier molecular flexibility index (Phi) is 4.47. The maximum Gasteiger partial charge on any atom is 0.289 e. The van der Waals surface area contributed by atoms with Crippen molar-refractivity contribution in [1.29, 1.82) is 0 Å². The molecule has 0 unspecified atom stereocenters. The van der Waals surface area contributed by atoms with Crippen LogP contribution in [-0.4, -0.2) is 9.78 Å². The largest absolute Gasteiger partial charge is 0.409 e. The van der Waals surface area contributed by atoms with E-state index in [0.29, 0.717) is 28.2 Å². The highest BCUT2D eigenvalue weighted by Gasteiger charge is 2.12. The molecule has 112 valence electrons. The van der Waals surface area contributed by atoms with Crippen molar-refractivity contribution in [2.75, 3.05) is 5.32 Å². The van der Waals surface area contributed by atoms with Crippen LogP contribution in [0.4, 0.5) is 5.69 Å². The van der Waals surface area contributed by atoms with Crippen molar-refractivity contribution in [3.8, 4) is 11.5 Å². The highest BCUT2D eigenvalue weighted by molar-refractivity contribution is 7.71. The first-order valence-electron chi connectivity index (χ1n) is 6.46. The summed E-state index contributed by atoms with van der Waals surface area (Å²) in [6.45, 7) is 0.400. The Morgan fingerprint density at radius 3 is 2.64 bits per heavy atom. The fourth-order valence-electron chi connectivity index (χ4n) is 1.90. The summed E-state index contributed by atoms with van der Waals surface area (Å²) in [7, 11) is 0. The van der Waals surface area contributed by atoms with Crippen molar-refractivity contribution in [2.45, 2.75) is 6.67 Å². The van der Waals surface area contributed by atoms with E-state index >= 15 is 0 Å². The number of hydrogen-bond donors (Lipinski definition) is 1. The van der Waals surface area contributed by atoms with Gasteiger partial charge in [-0.3, -0.25) is 0 Å². The van der Waals surface area contributed by atoms with E-state index in [1.807, 2.05) is 30.3 Å². The molecule has 0 aliphatic carbocycles. The van der Waals surface area contributed by atoms with Crippen LogP contribution in [-0.2, 0) is 6.67 Å². The van der Waals surface area contributed by atoms with Gasteiger partial charge in [-0.05, 0) is 42.5 Å². The first-order chi connectivity index (χ1) is 10.6. The summed E-state index contributed by atoms with van der Waals surface area (Å²) in [5.41, 5.74) is 1.62. The van der Waals surface area contributed by atoms with Crippen molar-refractivity contribution >= 4 is 41.1 Å². The molecule has 1 heterocycles. The van der Waals surface area contributed by atoms with Gasteiger partial charge >= 0.3 is 0 Å². The Bertz CT molecular complexity index is 845. The van der Waals surface area contributed by atoms with Gasteiger partial charge in [-0.15, -0.1) is 5.10 Å². The monoisotopic (exact) mass is 351 g/mol. The Labute approximate surface area is 142 Å². The lowest BCUT2D eigenvalue weighted by Gasteiger charge is -2.04. The van der Waals surface area contributed by atoms with E-state index in [-0.39, 0.29) is 4.84 Å². The van der Waals surface area contributed by atoms with Crippen molar-refractivity contribution in [2.24, 2.45) is 0 Å². The van der Waals surface area contributed by atoms with Gasteiger partial charge in [0.05, 0.1) is 10.6 Å². The minimum atomic E-state index is 0.268. The third-order valence-corrected chi connectivity index (χ3v) is 3.82. The number of hydrogen-bond acceptors (Lipinski definition) is 4.